The molecule has 134 valence electrons. The molecule has 1 aromatic carbocycles. The Hall–Kier alpha value is -2.70. The van der Waals surface area contributed by atoms with Crippen LogP contribution in [0.15, 0.2) is 54.9 Å². The molecule has 0 saturated carbocycles. The molecule has 0 radical (unpaired) electrons. The highest BCUT2D eigenvalue weighted by Crippen LogP contribution is 2.24. The maximum Gasteiger partial charge on any atom is 0.130 e. The molecular weight excluding hydrogens is 328 g/mol. The van der Waals surface area contributed by atoms with Crippen LogP contribution in [-0.4, -0.2) is 31.4 Å². The molecule has 0 bridgehead atoms. The first-order valence-electron chi connectivity index (χ1n) is 8.80. The number of fused-ring (bicyclic) bond motifs is 1. The van der Waals surface area contributed by atoms with Gasteiger partial charge < -0.3 is 9.84 Å². The summed E-state index contributed by atoms with van der Waals surface area (Å²) in [6, 6.07) is 14.0. The predicted octanol–water partition coefficient (Wildman–Crippen LogP) is 2.37. The largest absolute Gasteiger partial charge is 0.487 e. The van der Waals surface area contributed by atoms with Crippen molar-refractivity contribution in [2.45, 2.75) is 32.8 Å². The summed E-state index contributed by atoms with van der Waals surface area (Å²) in [6.45, 7) is 3.81. The predicted molar refractivity (Wildman–Crippen MR) is 97.3 cm³/mol. The molecule has 4 rings (SSSR count). The highest BCUT2D eigenvalue weighted by atomic mass is 16.5. The van der Waals surface area contributed by atoms with Gasteiger partial charge in [0, 0.05) is 31.4 Å². The van der Waals surface area contributed by atoms with Crippen LogP contribution in [-0.2, 0) is 32.8 Å². The van der Waals surface area contributed by atoms with Crippen molar-refractivity contribution in [3.63, 3.8) is 0 Å². The number of benzene rings is 1. The lowest BCUT2D eigenvalue weighted by Gasteiger charge is -2.16. The van der Waals surface area contributed by atoms with Crippen LogP contribution in [0.2, 0.25) is 0 Å². The van der Waals surface area contributed by atoms with E-state index >= 15 is 0 Å². The zero-order valence-corrected chi connectivity index (χ0v) is 14.6. The fourth-order valence-corrected chi connectivity index (χ4v) is 3.26. The summed E-state index contributed by atoms with van der Waals surface area (Å²) in [6.07, 6.45) is 3.69. The minimum atomic E-state index is 0.119. The molecule has 1 aliphatic rings. The van der Waals surface area contributed by atoms with Crippen molar-refractivity contribution >= 4 is 0 Å². The Bertz CT molecular complexity index is 846. The van der Waals surface area contributed by atoms with Crippen LogP contribution in [0.5, 0.6) is 5.75 Å². The Kier molecular flexibility index (Phi) is 4.95. The third-order valence-electron chi connectivity index (χ3n) is 4.56. The fraction of sp³-hybridized carbons (Fsp3) is 0.300. The van der Waals surface area contributed by atoms with Crippen molar-refractivity contribution in [3.05, 3.63) is 77.4 Å². The summed E-state index contributed by atoms with van der Waals surface area (Å²) in [7, 11) is 0. The van der Waals surface area contributed by atoms with Gasteiger partial charge in [-0.05, 0) is 29.8 Å². The van der Waals surface area contributed by atoms with Gasteiger partial charge in [-0.15, -0.1) is 0 Å². The molecule has 0 saturated heterocycles. The Balaban J connectivity index is 1.32. The average Bonchev–Trinajstić information content (AvgIpc) is 3.24. The molecule has 0 fully saturated rings. The van der Waals surface area contributed by atoms with Crippen molar-refractivity contribution in [2.24, 2.45) is 0 Å². The summed E-state index contributed by atoms with van der Waals surface area (Å²) in [5.74, 6) is 0.850. The maximum absolute atomic E-state index is 9.12. The molecule has 26 heavy (non-hydrogen) atoms. The van der Waals surface area contributed by atoms with Crippen LogP contribution in [0, 0.1) is 0 Å². The van der Waals surface area contributed by atoms with Crippen molar-refractivity contribution in [1.29, 1.82) is 0 Å². The second-order valence-electron chi connectivity index (χ2n) is 6.46. The number of rotatable bonds is 7. The lowest BCUT2D eigenvalue weighted by atomic mass is 10.2. The van der Waals surface area contributed by atoms with Crippen molar-refractivity contribution < 1.29 is 9.84 Å². The van der Waals surface area contributed by atoms with Crippen LogP contribution in [0.1, 0.15) is 22.5 Å². The van der Waals surface area contributed by atoms with Gasteiger partial charge in [0.05, 0.1) is 30.7 Å². The number of hydrogen-bond acceptors (Lipinski definition) is 5. The molecule has 0 unspecified atom stereocenters. The van der Waals surface area contributed by atoms with E-state index < -0.39 is 0 Å². The first-order valence-corrected chi connectivity index (χ1v) is 8.80. The second kappa shape index (κ2) is 7.68. The Morgan fingerprint density at radius 2 is 1.96 bits per heavy atom. The Morgan fingerprint density at radius 1 is 1.08 bits per heavy atom. The lowest BCUT2D eigenvalue weighted by Crippen LogP contribution is -2.18. The standard InChI is InChI=1S/C20H22N4O2/c25-10-9-24-20-14-23(13-17(20)11-22-24)12-16-4-6-19(7-5-16)26-15-18-3-1-2-8-21-18/h1-8,11,25H,9-10,12-15H2. The number of hydrogen-bond donors (Lipinski definition) is 1. The molecule has 0 spiro atoms. The second-order valence-corrected chi connectivity index (χ2v) is 6.46. The quantitative estimate of drug-likeness (QED) is 0.709. The number of nitrogens with zero attached hydrogens (tertiary/aromatic N) is 4. The van der Waals surface area contributed by atoms with E-state index in [4.69, 9.17) is 9.84 Å². The van der Waals surface area contributed by atoms with Gasteiger partial charge in [0.2, 0.25) is 0 Å². The smallest absolute Gasteiger partial charge is 0.130 e. The van der Waals surface area contributed by atoms with E-state index in [2.05, 4.69) is 27.1 Å². The molecule has 1 N–H and O–H groups in total. The fourth-order valence-electron chi connectivity index (χ4n) is 3.26. The van der Waals surface area contributed by atoms with Gasteiger partial charge in [-0.2, -0.15) is 5.10 Å². The van der Waals surface area contributed by atoms with E-state index in [1.54, 1.807) is 6.20 Å². The minimum absolute atomic E-state index is 0.119. The van der Waals surface area contributed by atoms with E-state index in [1.807, 2.05) is 41.2 Å². The molecule has 6 nitrogen and oxygen atoms in total. The minimum Gasteiger partial charge on any atom is -0.487 e. The summed E-state index contributed by atoms with van der Waals surface area (Å²) in [5, 5.41) is 13.5. The van der Waals surface area contributed by atoms with Gasteiger partial charge in [-0.3, -0.25) is 14.6 Å². The SMILES string of the molecule is OCCn1ncc2c1CN(Cc1ccc(OCc3ccccn3)cc1)C2. The molecule has 1 aliphatic heterocycles. The summed E-state index contributed by atoms with van der Waals surface area (Å²) >= 11 is 0. The van der Waals surface area contributed by atoms with Gasteiger partial charge in [0.25, 0.3) is 0 Å². The zero-order valence-electron chi connectivity index (χ0n) is 14.6. The molecule has 0 aliphatic carbocycles. The molecular formula is C20H22N4O2. The van der Waals surface area contributed by atoms with Gasteiger partial charge in [0.15, 0.2) is 0 Å². The van der Waals surface area contributed by atoms with Crippen LogP contribution in [0.25, 0.3) is 0 Å². The molecule has 3 heterocycles. The lowest BCUT2D eigenvalue weighted by molar-refractivity contribution is 0.250. The molecule has 6 heteroatoms. The topological polar surface area (TPSA) is 63.4 Å². The Morgan fingerprint density at radius 3 is 2.73 bits per heavy atom. The van der Waals surface area contributed by atoms with E-state index in [0.717, 1.165) is 31.1 Å². The summed E-state index contributed by atoms with van der Waals surface area (Å²) in [5.41, 5.74) is 4.65. The van der Waals surface area contributed by atoms with E-state index in [9.17, 15) is 0 Å². The molecule has 3 aromatic rings. The number of aromatic nitrogens is 3. The first-order chi connectivity index (χ1) is 12.8. The maximum atomic E-state index is 9.12. The van der Waals surface area contributed by atoms with Gasteiger partial charge in [-0.1, -0.05) is 18.2 Å². The summed E-state index contributed by atoms with van der Waals surface area (Å²) < 4.78 is 7.69. The number of ether oxygens (including phenoxy) is 1. The van der Waals surface area contributed by atoms with Crippen molar-refractivity contribution in [1.82, 2.24) is 19.7 Å². The normalized spacial score (nSPS) is 13.7. The van der Waals surface area contributed by atoms with Crippen LogP contribution >= 0.6 is 0 Å². The number of pyridine rings is 1. The van der Waals surface area contributed by atoms with E-state index in [-0.39, 0.29) is 6.61 Å². The number of aliphatic hydroxyl groups excluding tert-OH is 1. The summed E-state index contributed by atoms with van der Waals surface area (Å²) in [4.78, 5) is 6.64. The average molecular weight is 350 g/mol. The molecule has 2 aromatic heterocycles. The van der Waals surface area contributed by atoms with Crippen molar-refractivity contribution in [3.8, 4) is 5.75 Å². The Labute approximate surface area is 152 Å². The molecule has 0 atom stereocenters. The third-order valence-corrected chi connectivity index (χ3v) is 4.56. The van der Waals surface area contributed by atoms with Crippen LogP contribution in [0.4, 0.5) is 0 Å². The van der Waals surface area contributed by atoms with E-state index in [0.29, 0.717) is 13.2 Å². The van der Waals surface area contributed by atoms with Crippen LogP contribution < -0.4 is 4.74 Å². The highest BCUT2D eigenvalue weighted by molar-refractivity contribution is 5.28. The van der Waals surface area contributed by atoms with Gasteiger partial charge >= 0.3 is 0 Å². The van der Waals surface area contributed by atoms with Crippen molar-refractivity contribution in [2.75, 3.05) is 6.61 Å². The molecule has 0 amide bonds. The van der Waals surface area contributed by atoms with Gasteiger partial charge in [0.1, 0.15) is 12.4 Å². The van der Waals surface area contributed by atoms with Gasteiger partial charge in [-0.25, -0.2) is 0 Å². The first kappa shape index (κ1) is 16.8. The van der Waals surface area contributed by atoms with Crippen LogP contribution in [0.3, 0.4) is 0 Å². The van der Waals surface area contributed by atoms with E-state index in [1.165, 1.54) is 16.8 Å². The zero-order chi connectivity index (χ0) is 17.8. The highest BCUT2D eigenvalue weighted by Gasteiger charge is 2.23. The number of aliphatic hydroxyl groups is 1. The monoisotopic (exact) mass is 350 g/mol. The third kappa shape index (κ3) is 3.76.